The fourth-order valence-corrected chi connectivity index (χ4v) is 5.04. The van der Waals surface area contributed by atoms with Gasteiger partial charge in [0.1, 0.15) is 42.3 Å². The van der Waals surface area contributed by atoms with Crippen LogP contribution < -0.4 is 4.74 Å². The molecule has 4 heterocycles. The molecule has 174 valence electrons. The first-order chi connectivity index (χ1) is 16.5. The molecule has 34 heavy (non-hydrogen) atoms. The molecule has 7 nitrogen and oxygen atoms in total. The van der Waals surface area contributed by atoms with E-state index in [4.69, 9.17) is 21.1 Å². The molecular formula is C24H19ClI2N4O3. The smallest absolute Gasteiger partial charge is 0.341 e. The Morgan fingerprint density at radius 2 is 1.44 bits per heavy atom. The number of methoxy groups -OCH3 is 1. The maximum absolute atomic E-state index is 11.7. The minimum Gasteiger partial charge on any atom is -0.486 e. The average Bonchev–Trinajstić information content (AvgIpc) is 3.39. The van der Waals surface area contributed by atoms with E-state index in [1.807, 2.05) is 63.7 Å². The molecule has 0 saturated carbocycles. The predicted octanol–water partition coefficient (Wildman–Crippen LogP) is 5.98. The number of benzene rings is 1. The van der Waals surface area contributed by atoms with Gasteiger partial charge in [0, 0.05) is 12.4 Å². The zero-order chi connectivity index (χ0) is 24.1. The number of hydrogen-bond donors (Lipinski definition) is 0. The van der Waals surface area contributed by atoms with Crippen LogP contribution in [0.25, 0.3) is 11.3 Å². The number of hydrogen-bond acceptors (Lipinski definition) is 5. The van der Waals surface area contributed by atoms with Crippen LogP contribution in [-0.4, -0.2) is 31.8 Å². The molecule has 0 radical (unpaired) electrons. The first-order valence-corrected chi connectivity index (χ1v) is 12.8. The van der Waals surface area contributed by atoms with Crippen LogP contribution >= 0.6 is 56.8 Å². The van der Waals surface area contributed by atoms with E-state index in [2.05, 4.69) is 55.1 Å². The number of aromatic nitrogens is 4. The zero-order valence-electron chi connectivity index (χ0n) is 18.0. The van der Waals surface area contributed by atoms with Crippen molar-refractivity contribution in [3.8, 4) is 5.75 Å². The van der Waals surface area contributed by atoms with Crippen molar-refractivity contribution in [1.29, 1.82) is 0 Å². The number of imidazole rings is 2. The molecule has 0 aliphatic carbocycles. The van der Waals surface area contributed by atoms with Gasteiger partial charge in [0.05, 0.1) is 18.7 Å². The van der Waals surface area contributed by atoms with Gasteiger partial charge in [-0.2, -0.15) is 0 Å². The molecule has 1 aromatic carbocycles. The lowest BCUT2D eigenvalue weighted by Crippen LogP contribution is -2.06. The van der Waals surface area contributed by atoms with E-state index in [0.29, 0.717) is 17.2 Å². The fourth-order valence-electron chi connectivity index (χ4n) is 3.22. The minimum absolute atomic E-state index is 0.286. The Hall–Kier alpha value is -2.38. The van der Waals surface area contributed by atoms with Crippen molar-refractivity contribution in [3.05, 3.63) is 97.4 Å². The van der Waals surface area contributed by atoms with Crippen LogP contribution in [0.3, 0.4) is 0 Å². The van der Waals surface area contributed by atoms with E-state index < -0.39 is 5.97 Å². The maximum Gasteiger partial charge on any atom is 0.341 e. The summed E-state index contributed by atoms with van der Waals surface area (Å²) in [6.45, 7) is 0.286. The largest absolute Gasteiger partial charge is 0.486 e. The molecule has 0 aliphatic heterocycles. The van der Waals surface area contributed by atoms with E-state index >= 15 is 0 Å². The summed E-state index contributed by atoms with van der Waals surface area (Å²) in [4.78, 5) is 20.6. The number of carbonyl (C=O) groups is 1. The van der Waals surface area contributed by atoms with Crippen LogP contribution in [0.1, 0.15) is 21.7 Å². The van der Waals surface area contributed by atoms with Crippen molar-refractivity contribution < 1.29 is 14.3 Å². The Bertz CT molecular complexity index is 1450. The number of halogens is 3. The van der Waals surface area contributed by atoms with E-state index in [1.54, 1.807) is 18.2 Å². The lowest BCUT2D eigenvalue weighted by Gasteiger charge is -2.09. The van der Waals surface area contributed by atoms with Crippen LogP contribution in [0.5, 0.6) is 5.75 Å². The topological polar surface area (TPSA) is 70.1 Å². The zero-order valence-corrected chi connectivity index (χ0v) is 23.1. The second-order valence-electron chi connectivity index (χ2n) is 6.97. The molecule has 5 aromatic rings. The van der Waals surface area contributed by atoms with E-state index in [9.17, 15) is 4.79 Å². The number of alkyl halides is 1. The molecule has 0 atom stereocenters. The number of nitrogens with zero attached hydrogens (tertiary/aromatic N) is 4. The number of fused-ring (bicyclic) bond motifs is 2. The Kier molecular flexibility index (Phi) is 8.27. The Balaban J connectivity index is 0.000000192. The molecule has 4 aromatic heterocycles. The van der Waals surface area contributed by atoms with Crippen molar-refractivity contribution in [2.24, 2.45) is 0 Å². The van der Waals surface area contributed by atoms with Crippen LogP contribution in [0, 0.1) is 7.40 Å². The third-order valence-electron chi connectivity index (χ3n) is 4.86. The third-order valence-corrected chi connectivity index (χ3v) is 7.40. The second kappa shape index (κ2) is 11.4. The fraction of sp³-hybridized carbons (Fsp3) is 0.125. The summed E-state index contributed by atoms with van der Waals surface area (Å²) < 4.78 is 16.6. The van der Waals surface area contributed by atoms with Gasteiger partial charge in [0.2, 0.25) is 0 Å². The number of rotatable bonds is 5. The summed E-state index contributed by atoms with van der Waals surface area (Å²) in [6.07, 6.45) is 3.94. The molecule has 10 heteroatoms. The molecule has 0 amide bonds. The van der Waals surface area contributed by atoms with Crippen molar-refractivity contribution in [2.75, 3.05) is 7.11 Å². The maximum atomic E-state index is 11.7. The summed E-state index contributed by atoms with van der Waals surface area (Å²) in [6, 6.07) is 18.8. The number of carbonyl (C=O) groups excluding carboxylic acids is 1. The third kappa shape index (κ3) is 5.31. The van der Waals surface area contributed by atoms with Crippen LogP contribution in [0.2, 0.25) is 0 Å². The van der Waals surface area contributed by atoms with Crippen LogP contribution in [0.15, 0.2) is 73.1 Å². The van der Waals surface area contributed by atoms with Gasteiger partial charge in [-0.15, -0.1) is 11.6 Å². The first kappa shape index (κ1) is 24.7. The molecular weight excluding hydrogens is 682 g/mol. The number of ether oxygens (including phenoxy) is 2. The molecule has 0 unspecified atom stereocenters. The average molecular weight is 701 g/mol. The first-order valence-electron chi connectivity index (χ1n) is 10.1. The van der Waals surface area contributed by atoms with Crippen LogP contribution in [-0.2, 0) is 17.2 Å². The van der Waals surface area contributed by atoms with Crippen molar-refractivity contribution in [1.82, 2.24) is 18.8 Å². The summed E-state index contributed by atoms with van der Waals surface area (Å²) >= 11 is 10.2. The number of pyridine rings is 2. The van der Waals surface area contributed by atoms with Crippen molar-refractivity contribution in [3.63, 3.8) is 0 Å². The summed E-state index contributed by atoms with van der Waals surface area (Å²) in [5, 5.41) is 0. The van der Waals surface area contributed by atoms with Gasteiger partial charge in [-0.25, -0.2) is 14.8 Å². The van der Waals surface area contributed by atoms with Gasteiger partial charge in [0.15, 0.2) is 0 Å². The van der Waals surface area contributed by atoms with Gasteiger partial charge in [-0.3, -0.25) is 8.80 Å². The van der Waals surface area contributed by atoms with Gasteiger partial charge < -0.3 is 9.47 Å². The summed E-state index contributed by atoms with van der Waals surface area (Å²) in [5.74, 6) is 0.544. The van der Waals surface area contributed by atoms with Crippen molar-refractivity contribution in [2.45, 2.75) is 12.5 Å². The highest BCUT2D eigenvalue weighted by molar-refractivity contribution is 14.1. The standard InChI is InChI=1S/C16H13IN2O3.C8H6ClIN2/c1-21-16(20)11-6-2-3-7-13(11)22-10-12-15(17)19-9-5-4-8-14(19)18-12;9-5-6-8(10)12-4-2-1-3-7(12)11-6/h2-9H,10H2,1H3;1-4H,5H2. The highest BCUT2D eigenvalue weighted by Gasteiger charge is 2.14. The molecule has 0 fully saturated rings. The Morgan fingerprint density at radius 3 is 2.03 bits per heavy atom. The normalized spacial score (nSPS) is 10.7. The quantitative estimate of drug-likeness (QED) is 0.128. The lowest BCUT2D eigenvalue weighted by atomic mass is 10.2. The molecule has 0 bridgehead atoms. The summed E-state index contributed by atoms with van der Waals surface area (Å²) in [5.41, 5.74) is 4.00. The van der Waals surface area contributed by atoms with Gasteiger partial charge >= 0.3 is 5.97 Å². The number of esters is 1. The summed E-state index contributed by atoms with van der Waals surface area (Å²) in [7, 11) is 1.35. The lowest BCUT2D eigenvalue weighted by molar-refractivity contribution is 0.0595. The van der Waals surface area contributed by atoms with Gasteiger partial charge in [-0.1, -0.05) is 24.3 Å². The van der Waals surface area contributed by atoms with Gasteiger partial charge in [0.25, 0.3) is 0 Å². The van der Waals surface area contributed by atoms with Crippen LogP contribution in [0.4, 0.5) is 0 Å². The van der Waals surface area contributed by atoms with E-state index in [-0.39, 0.29) is 6.61 Å². The van der Waals surface area contributed by atoms with Gasteiger partial charge in [-0.05, 0) is 81.6 Å². The Labute approximate surface area is 228 Å². The SMILES string of the molecule is COC(=O)c1ccccc1OCc1nc2ccccn2c1I.ClCc1nc2ccccn2c1I. The molecule has 0 N–H and O–H groups in total. The molecule has 0 saturated heterocycles. The highest BCUT2D eigenvalue weighted by atomic mass is 127. The van der Waals surface area contributed by atoms with Crippen molar-refractivity contribution >= 4 is 74.0 Å². The highest BCUT2D eigenvalue weighted by Crippen LogP contribution is 2.22. The Morgan fingerprint density at radius 1 is 0.882 bits per heavy atom. The van der Waals surface area contributed by atoms with E-state index in [1.165, 1.54) is 7.11 Å². The minimum atomic E-state index is -0.416. The molecule has 0 aliphatic rings. The number of para-hydroxylation sites is 1. The predicted molar refractivity (Wildman–Crippen MR) is 147 cm³/mol. The second-order valence-corrected chi connectivity index (χ2v) is 9.28. The monoisotopic (exact) mass is 700 g/mol. The van der Waals surface area contributed by atoms with E-state index in [0.717, 1.165) is 30.1 Å². The molecule has 5 rings (SSSR count). The molecule has 0 spiro atoms.